The van der Waals surface area contributed by atoms with Crippen LogP contribution in [0.15, 0.2) is 97.1 Å². The number of nitrogens with zero attached hydrogens (tertiary/aromatic N) is 2. The molecule has 0 amide bonds. The van der Waals surface area contributed by atoms with Crippen molar-refractivity contribution in [2.24, 2.45) is 5.92 Å². The maximum Gasteiger partial charge on any atom is 0.0247 e. The van der Waals surface area contributed by atoms with E-state index in [4.69, 9.17) is 0 Å². The van der Waals surface area contributed by atoms with Crippen molar-refractivity contribution < 1.29 is 0 Å². The fraction of sp³-hybridized carbons (Fsp3) is 0.400. The van der Waals surface area contributed by atoms with Crippen molar-refractivity contribution in [3.05, 3.63) is 108 Å². The first-order valence-electron chi connectivity index (χ1n) is 12.2. The molecule has 1 saturated carbocycles. The van der Waals surface area contributed by atoms with Crippen molar-refractivity contribution in [3.8, 4) is 0 Å². The van der Waals surface area contributed by atoms with E-state index in [0.29, 0.717) is 5.54 Å². The van der Waals surface area contributed by atoms with Crippen LogP contribution in [0.3, 0.4) is 0 Å². The van der Waals surface area contributed by atoms with Gasteiger partial charge in [0.1, 0.15) is 0 Å². The minimum Gasteiger partial charge on any atom is -0.299 e. The maximum atomic E-state index is 3.95. The number of hydrogen-bond donors (Lipinski definition) is 0. The van der Waals surface area contributed by atoms with Crippen molar-refractivity contribution in [2.75, 3.05) is 19.6 Å². The normalized spacial score (nSPS) is 19.5. The molecule has 1 heterocycles. The second kappa shape index (κ2) is 10.9. The molecule has 0 atom stereocenters. The highest BCUT2D eigenvalue weighted by Gasteiger charge is 2.53. The van der Waals surface area contributed by atoms with Crippen LogP contribution in [0.25, 0.3) is 0 Å². The second-order valence-corrected chi connectivity index (χ2v) is 9.46. The minimum atomic E-state index is 0.358. The Bertz CT molecular complexity index is 900. The van der Waals surface area contributed by atoms with E-state index in [-0.39, 0.29) is 0 Å². The van der Waals surface area contributed by atoms with Gasteiger partial charge in [0.15, 0.2) is 0 Å². The summed E-state index contributed by atoms with van der Waals surface area (Å²) in [7, 11) is 0. The molecule has 0 spiro atoms. The van der Waals surface area contributed by atoms with Crippen LogP contribution in [0.5, 0.6) is 0 Å². The first kappa shape index (κ1) is 22.8. The lowest BCUT2D eigenvalue weighted by atomic mass is 9.85. The predicted octanol–water partition coefficient (Wildman–Crippen LogP) is 6.62. The van der Waals surface area contributed by atoms with Crippen molar-refractivity contribution in [3.63, 3.8) is 0 Å². The van der Waals surface area contributed by atoms with Gasteiger partial charge in [-0.15, -0.1) is 0 Å². The molecule has 2 aromatic carbocycles. The summed E-state index contributed by atoms with van der Waals surface area (Å²) >= 11 is 0. The lowest BCUT2D eigenvalue weighted by Gasteiger charge is -2.42. The molecular weight excluding hydrogens is 388 g/mol. The van der Waals surface area contributed by atoms with Crippen molar-refractivity contribution in [1.82, 2.24) is 9.80 Å². The molecule has 0 bridgehead atoms. The van der Waals surface area contributed by atoms with E-state index in [1.54, 1.807) is 0 Å². The number of allylic oxidation sites excluding steroid dienone is 3. The van der Waals surface area contributed by atoms with Gasteiger partial charge < -0.3 is 0 Å². The monoisotopic (exact) mass is 426 g/mol. The van der Waals surface area contributed by atoms with Crippen molar-refractivity contribution in [2.45, 2.75) is 51.2 Å². The molecule has 2 fully saturated rings. The summed E-state index contributed by atoms with van der Waals surface area (Å²) in [6, 6.07) is 21.9. The molecule has 2 nitrogen and oxygen atoms in total. The molecule has 0 radical (unpaired) electrons. The molecule has 32 heavy (non-hydrogen) atoms. The molecule has 0 aromatic heterocycles. The quantitative estimate of drug-likeness (QED) is 0.394. The molecule has 1 saturated heterocycles. The lowest BCUT2D eigenvalue weighted by molar-refractivity contribution is 0.0692. The van der Waals surface area contributed by atoms with Gasteiger partial charge in [-0.25, -0.2) is 0 Å². The zero-order chi connectivity index (χ0) is 22.2. The minimum absolute atomic E-state index is 0.358. The van der Waals surface area contributed by atoms with Crippen LogP contribution in [0.2, 0.25) is 0 Å². The van der Waals surface area contributed by atoms with E-state index in [2.05, 4.69) is 102 Å². The van der Waals surface area contributed by atoms with E-state index in [0.717, 1.165) is 25.6 Å². The smallest absolute Gasteiger partial charge is 0.0247 e. The van der Waals surface area contributed by atoms with Gasteiger partial charge in [0, 0.05) is 25.2 Å². The summed E-state index contributed by atoms with van der Waals surface area (Å²) in [5.41, 5.74) is 4.56. The van der Waals surface area contributed by atoms with E-state index < -0.39 is 0 Å². The fourth-order valence-electron chi connectivity index (χ4n) is 5.50. The average Bonchev–Trinajstić information content (AvgIpc) is 3.63. The summed E-state index contributed by atoms with van der Waals surface area (Å²) in [6.07, 6.45) is 13.8. The van der Waals surface area contributed by atoms with E-state index in [9.17, 15) is 0 Å². The first-order chi connectivity index (χ1) is 15.7. The SMILES string of the molecule is C=C/C=C(\C=C/C)CN(Cc1ccccc1)C1(C2CCN(Cc3ccccc3)CC2)CC1. The predicted molar refractivity (Wildman–Crippen MR) is 136 cm³/mol. The van der Waals surface area contributed by atoms with Gasteiger partial charge in [-0.3, -0.25) is 9.80 Å². The Kier molecular flexibility index (Phi) is 7.78. The van der Waals surface area contributed by atoms with Gasteiger partial charge >= 0.3 is 0 Å². The van der Waals surface area contributed by atoms with Crippen LogP contribution in [-0.4, -0.2) is 35.0 Å². The third-order valence-electron chi connectivity index (χ3n) is 7.29. The number of rotatable bonds is 10. The molecule has 0 N–H and O–H groups in total. The highest BCUT2D eigenvalue weighted by atomic mass is 15.2. The highest BCUT2D eigenvalue weighted by molar-refractivity contribution is 5.27. The summed E-state index contributed by atoms with van der Waals surface area (Å²) in [4.78, 5) is 5.43. The Labute approximate surface area is 194 Å². The Morgan fingerprint density at radius 2 is 1.62 bits per heavy atom. The average molecular weight is 427 g/mol. The first-order valence-corrected chi connectivity index (χ1v) is 12.2. The summed E-state index contributed by atoms with van der Waals surface area (Å²) < 4.78 is 0. The molecule has 168 valence electrons. The number of likely N-dealkylation sites (tertiary alicyclic amines) is 1. The van der Waals surface area contributed by atoms with Crippen molar-refractivity contribution in [1.29, 1.82) is 0 Å². The topological polar surface area (TPSA) is 6.48 Å². The zero-order valence-electron chi connectivity index (χ0n) is 19.6. The molecule has 4 rings (SSSR count). The Morgan fingerprint density at radius 1 is 1.00 bits per heavy atom. The highest BCUT2D eigenvalue weighted by Crippen LogP contribution is 2.52. The molecule has 1 aliphatic carbocycles. The van der Waals surface area contributed by atoms with Crippen molar-refractivity contribution >= 4 is 0 Å². The number of benzene rings is 2. The number of hydrogen-bond acceptors (Lipinski definition) is 2. The van der Waals surface area contributed by atoms with Crippen LogP contribution in [0.1, 0.15) is 43.7 Å². The Morgan fingerprint density at radius 3 is 2.19 bits per heavy atom. The summed E-state index contributed by atoms with van der Waals surface area (Å²) in [5, 5.41) is 0. The molecule has 2 aromatic rings. The Hall–Kier alpha value is -2.42. The van der Waals surface area contributed by atoms with E-state index in [1.807, 2.05) is 6.08 Å². The molecular formula is C30H38N2. The largest absolute Gasteiger partial charge is 0.299 e. The van der Waals surface area contributed by atoms with Crippen LogP contribution >= 0.6 is 0 Å². The van der Waals surface area contributed by atoms with Gasteiger partial charge in [-0.2, -0.15) is 0 Å². The third-order valence-corrected chi connectivity index (χ3v) is 7.29. The third kappa shape index (κ3) is 5.68. The summed E-state index contributed by atoms with van der Waals surface area (Å²) in [5.74, 6) is 0.786. The van der Waals surface area contributed by atoms with Crippen LogP contribution < -0.4 is 0 Å². The van der Waals surface area contributed by atoms with E-state index >= 15 is 0 Å². The molecule has 1 aliphatic heterocycles. The molecule has 2 heteroatoms. The van der Waals surface area contributed by atoms with Gasteiger partial charge in [-0.1, -0.05) is 91.5 Å². The summed E-state index contributed by atoms with van der Waals surface area (Å²) in [6.45, 7) is 11.6. The number of piperidine rings is 1. The van der Waals surface area contributed by atoms with Gasteiger partial charge in [0.05, 0.1) is 0 Å². The van der Waals surface area contributed by atoms with Gasteiger partial charge in [0.25, 0.3) is 0 Å². The Balaban J connectivity index is 1.46. The fourth-order valence-corrected chi connectivity index (χ4v) is 5.50. The van der Waals surface area contributed by atoms with Crippen LogP contribution in [0, 0.1) is 5.92 Å². The lowest BCUT2D eigenvalue weighted by Crippen LogP contribution is -2.47. The van der Waals surface area contributed by atoms with Gasteiger partial charge in [0.2, 0.25) is 0 Å². The second-order valence-electron chi connectivity index (χ2n) is 9.46. The van der Waals surface area contributed by atoms with E-state index in [1.165, 1.54) is 55.5 Å². The van der Waals surface area contributed by atoms with Crippen LogP contribution in [0.4, 0.5) is 0 Å². The molecule has 2 aliphatic rings. The molecule has 0 unspecified atom stereocenters. The van der Waals surface area contributed by atoms with Crippen LogP contribution in [-0.2, 0) is 13.1 Å². The standard InChI is InChI=1S/C30H38N2/c1-3-11-26(12-4-2)24-32(25-28-15-9-6-10-16-28)30(19-20-30)29-17-21-31(22-18-29)23-27-13-7-5-8-14-27/h3-16,29H,1,17-25H2,2H3/b12-4-,26-11+. The zero-order valence-corrected chi connectivity index (χ0v) is 19.6. The maximum absolute atomic E-state index is 3.95. The van der Waals surface area contributed by atoms with Gasteiger partial charge in [-0.05, 0) is 68.3 Å².